The number of Topliss-reactive ketones (excluding diaryl/α,β-unsaturated/α-hetero) is 1. The Morgan fingerprint density at radius 1 is 1.00 bits per heavy atom. The Balaban J connectivity index is 1.79. The highest BCUT2D eigenvalue weighted by Gasteiger charge is 2.43. The maximum Gasteiger partial charge on any atom is 0.264 e. The molecule has 6 nitrogen and oxygen atoms in total. The SMILES string of the molecule is COc1ccc(N2N=C(c3cccc(OC)c3)[C@H](C(=O)c3cccs3)C2=O)cc1. The quantitative estimate of drug-likeness (QED) is 0.458. The Labute approximate surface area is 172 Å². The minimum absolute atomic E-state index is 0.261. The number of hydrazone groups is 1. The molecule has 0 fully saturated rings. The molecule has 1 aliphatic heterocycles. The Morgan fingerprint density at radius 2 is 1.76 bits per heavy atom. The molecular weight excluding hydrogens is 388 g/mol. The first kappa shape index (κ1) is 18.9. The van der Waals surface area contributed by atoms with Crippen LogP contribution < -0.4 is 14.5 Å². The Kier molecular flexibility index (Phi) is 5.14. The second-order valence-electron chi connectivity index (χ2n) is 6.34. The standard InChI is InChI=1S/C22H18N2O4S/c1-27-16-10-8-15(9-11-16)24-22(26)19(21(25)18-7-4-12-29-18)20(23-24)14-5-3-6-17(13-14)28-2/h3-13,19H,1-2H3/t19-/m1/s1. The number of carbonyl (C=O) groups excluding carboxylic acids is 2. The van der Waals surface area contributed by atoms with Crippen molar-refractivity contribution in [3.05, 3.63) is 76.5 Å². The number of anilines is 1. The van der Waals surface area contributed by atoms with Gasteiger partial charge in [-0.3, -0.25) is 9.59 Å². The Bertz CT molecular complexity index is 1070. The number of carbonyl (C=O) groups is 2. The van der Waals surface area contributed by atoms with E-state index in [0.717, 1.165) is 0 Å². The third kappa shape index (κ3) is 3.52. The number of amides is 1. The van der Waals surface area contributed by atoms with Crippen molar-refractivity contribution in [2.45, 2.75) is 0 Å². The van der Waals surface area contributed by atoms with Gasteiger partial charge in [-0.2, -0.15) is 10.1 Å². The molecule has 0 saturated heterocycles. The Morgan fingerprint density at radius 3 is 2.41 bits per heavy atom. The Hall–Kier alpha value is -3.45. The van der Waals surface area contributed by atoms with Crippen LogP contribution in [0.3, 0.4) is 0 Å². The number of thiophene rings is 1. The molecule has 3 aromatic rings. The van der Waals surface area contributed by atoms with Gasteiger partial charge in [0.2, 0.25) is 0 Å². The molecule has 7 heteroatoms. The third-order valence-corrected chi connectivity index (χ3v) is 5.53. The molecule has 1 aromatic heterocycles. The summed E-state index contributed by atoms with van der Waals surface area (Å²) >= 11 is 1.31. The molecule has 1 amide bonds. The second kappa shape index (κ2) is 7.89. The summed E-state index contributed by atoms with van der Waals surface area (Å²) in [4.78, 5) is 27.0. The summed E-state index contributed by atoms with van der Waals surface area (Å²) in [5.41, 5.74) is 1.64. The van der Waals surface area contributed by atoms with Gasteiger partial charge in [-0.25, -0.2) is 0 Å². The number of ketones is 1. The highest BCUT2D eigenvalue weighted by Crippen LogP contribution is 2.31. The molecule has 29 heavy (non-hydrogen) atoms. The van der Waals surface area contributed by atoms with Gasteiger partial charge in [-0.05, 0) is 47.8 Å². The highest BCUT2D eigenvalue weighted by molar-refractivity contribution is 7.12. The first-order valence-electron chi connectivity index (χ1n) is 8.91. The zero-order valence-corrected chi connectivity index (χ0v) is 16.7. The van der Waals surface area contributed by atoms with E-state index in [4.69, 9.17) is 9.47 Å². The van der Waals surface area contributed by atoms with Crippen LogP contribution in [0.4, 0.5) is 5.69 Å². The molecule has 2 aromatic carbocycles. The lowest BCUT2D eigenvalue weighted by Crippen LogP contribution is -2.33. The second-order valence-corrected chi connectivity index (χ2v) is 7.29. The van der Waals surface area contributed by atoms with Gasteiger partial charge in [-0.15, -0.1) is 11.3 Å². The van der Waals surface area contributed by atoms with Gasteiger partial charge in [0.05, 0.1) is 30.5 Å². The minimum atomic E-state index is -1.01. The van der Waals surface area contributed by atoms with Crippen LogP contribution in [0.5, 0.6) is 11.5 Å². The van der Waals surface area contributed by atoms with E-state index in [2.05, 4.69) is 5.10 Å². The van der Waals surface area contributed by atoms with E-state index in [1.54, 1.807) is 62.8 Å². The largest absolute Gasteiger partial charge is 0.497 e. The molecule has 1 aliphatic rings. The summed E-state index contributed by atoms with van der Waals surface area (Å²) in [6, 6.07) is 17.7. The van der Waals surface area contributed by atoms with Crippen LogP contribution in [-0.2, 0) is 4.79 Å². The fourth-order valence-electron chi connectivity index (χ4n) is 3.17. The van der Waals surface area contributed by atoms with E-state index in [1.807, 2.05) is 17.5 Å². The number of hydrogen-bond donors (Lipinski definition) is 0. The molecule has 0 N–H and O–H groups in total. The van der Waals surface area contributed by atoms with Gasteiger partial charge in [0.1, 0.15) is 17.4 Å². The van der Waals surface area contributed by atoms with Crippen molar-refractivity contribution in [2.24, 2.45) is 11.0 Å². The van der Waals surface area contributed by atoms with E-state index >= 15 is 0 Å². The van der Waals surface area contributed by atoms with Crippen molar-refractivity contribution in [2.75, 3.05) is 19.2 Å². The molecule has 0 aliphatic carbocycles. The van der Waals surface area contributed by atoms with Crippen LogP contribution in [0, 0.1) is 5.92 Å². The van der Waals surface area contributed by atoms with Gasteiger partial charge in [0.25, 0.3) is 5.91 Å². The van der Waals surface area contributed by atoms with Crippen LogP contribution in [0.1, 0.15) is 15.2 Å². The molecule has 0 bridgehead atoms. The van der Waals surface area contributed by atoms with Crippen molar-refractivity contribution in [3.8, 4) is 11.5 Å². The number of ether oxygens (including phenoxy) is 2. The van der Waals surface area contributed by atoms with Crippen LogP contribution in [0.25, 0.3) is 0 Å². The zero-order chi connectivity index (χ0) is 20.4. The van der Waals surface area contributed by atoms with Gasteiger partial charge < -0.3 is 9.47 Å². The monoisotopic (exact) mass is 406 g/mol. The van der Waals surface area contributed by atoms with E-state index in [0.29, 0.717) is 33.3 Å². The highest BCUT2D eigenvalue weighted by atomic mass is 32.1. The summed E-state index contributed by atoms with van der Waals surface area (Å²) in [6.45, 7) is 0. The number of rotatable bonds is 6. The molecule has 146 valence electrons. The maximum absolute atomic E-state index is 13.3. The van der Waals surface area contributed by atoms with Crippen molar-refractivity contribution < 1.29 is 19.1 Å². The summed E-state index contributed by atoms with van der Waals surface area (Å²) in [5.74, 6) is -0.358. The predicted octanol–water partition coefficient (Wildman–Crippen LogP) is 4.02. The van der Waals surface area contributed by atoms with Gasteiger partial charge >= 0.3 is 0 Å². The first-order valence-corrected chi connectivity index (χ1v) is 9.79. The normalized spacial score (nSPS) is 15.9. The fourth-order valence-corrected chi connectivity index (χ4v) is 3.86. The van der Waals surface area contributed by atoms with E-state index in [1.165, 1.54) is 16.3 Å². The molecule has 2 heterocycles. The number of nitrogens with zero attached hydrogens (tertiary/aromatic N) is 2. The van der Waals surface area contributed by atoms with E-state index < -0.39 is 5.92 Å². The smallest absolute Gasteiger partial charge is 0.264 e. The summed E-state index contributed by atoms with van der Waals surface area (Å²) in [5, 5.41) is 7.64. The van der Waals surface area contributed by atoms with E-state index in [-0.39, 0.29) is 11.7 Å². The lowest BCUT2D eigenvalue weighted by atomic mass is 9.92. The van der Waals surface area contributed by atoms with Crippen molar-refractivity contribution in [3.63, 3.8) is 0 Å². The van der Waals surface area contributed by atoms with Crippen molar-refractivity contribution in [1.29, 1.82) is 0 Å². The van der Waals surface area contributed by atoms with Crippen molar-refractivity contribution in [1.82, 2.24) is 0 Å². The predicted molar refractivity (Wildman–Crippen MR) is 112 cm³/mol. The summed E-state index contributed by atoms with van der Waals surface area (Å²) in [6.07, 6.45) is 0. The molecule has 4 rings (SSSR count). The fraction of sp³-hybridized carbons (Fsp3) is 0.136. The number of benzene rings is 2. The molecule has 0 spiro atoms. The summed E-state index contributed by atoms with van der Waals surface area (Å²) < 4.78 is 10.5. The van der Waals surface area contributed by atoms with Gasteiger partial charge in [0.15, 0.2) is 5.78 Å². The average Bonchev–Trinajstić information content (AvgIpc) is 3.42. The molecule has 1 atom stereocenters. The van der Waals surface area contributed by atoms with Crippen molar-refractivity contribution >= 4 is 34.4 Å². The molecule has 0 saturated carbocycles. The minimum Gasteiger partial charge on any atom is -0.497 e. The average molecular weight is 406 g/mol. The number of methoxy groups -OCH3 is 2. The van der Waals surface area contributed by atoms with Crippen LogP contribution in [-0.4, -0.2) is 31.6 Å². The third-order valence-electron chi connectivity index (χ3n) is 4.65. The number of hydrogen-bond acceptors (Lipinski definition) is 6. The van der Waals surface area contributed by atoms with Gasteiger partial charge in [-0.1, -0.05) is 18.2 Å². The molecule has 0 radical (unpaired) electrons. The lowest BCUT2D eigenvalue weighted by molar-refractivity contribution is -0.118. The molecular formula is C22H18N2O4S. The summed E-state index contributed by atoms with van der Waals surface area (Å²) in [7, 11) is 3.14. The lowest BCUT2D eigenvalue weighted by Gasteiger charge is -2.14. The van der Waals surface area contributed by atoms with Crippen LogP contribution in [0.2, 0.25) is 0 Å². The maximum atomic E-state index is 13.3. The van der Waals surface area contributed by atoms with Gasteiger partial charge in [0, 0.05) is 5.56 Å². The zero-order valence-electron chi connectivity index (χ0n) is 15.9. The van der Waals surface area contributed by atoms with E-state index in [9.17, 15) is 9.59 Å². The molecule has 0 unspecified atom stereocenters. The first-order chi connectivity index (χ1) is 14.1. The van der Waals surface area contributed by atoms with Crippen LogP contribution in [0.15, 0.2) is 71.1 Å². The topological polar surface area (TPSA) is 68.2 Å². The van der Waals surface area contributed by atoms with Crippen LogP contribution >= 0.6 is 11.3 Å².